The van der Waals surface area contributed by atoms with Gasteiger partial charge in [-0.15, -0.1) is 0 Å². The van der Waals surface area contributed by atoms with E-state index in [-0.39, 0.29) is 11.8 Å². The van der Waals surface area contributed by atoms with Crippen molar-refractivity contribution in [3.63, 3.8) is 0 Å². The molecule has 3 nitrogen and oxygen atoms in total. The molecule has 1 aliphatic heterocycles. The van der Waals surface area contributed by atoms with Crippen LogP contribution in [0.25, 0.3) is 0 Å². The van der Waals surface area contributed by atoms with Gasteiger partial charge in [-0.1, -0.05) is 52.3 Å². The van der Waals surface area contributed by atoms with E-state index in [9.17, 15) is 4.79 Å². The summed E-state index contributed by atoms with van der Waals surface area (Å²) in [5.41, 5.74) is 3.26. The minimum Gasteiger partial charge on any atom is -0.385 e. The molecule has 108 valence electrons. The number of carbonyl (C=O) groups is 1. The lowest BCUT2D eigenvalue weighted by Crippen LogP contribution is -2.32. The summed E-state index contributed by atoms with van der Waals surface area (Å²) >= 11 is 3.51. The number of nitrogens with one attached hydrogen (secondary N) is 2. The van der Waals surface area contributed by atoms with Crippen LogP contribution in [0, 0.1) is 0 Å². The predicted molar refractivity (Wildman–Crippen MR) is 88.3 cm³/mol. The van der Waals surface area contributed by atoms with Crippen molar-refractivity contribution in [3.8, 4) is 0 Å². The van der Waals surface area contributed by atoms with E-state index in [1.54, 1.807) is 0 Å². The number of rotatable bonds is 3. The van der Waals surface area contributed by atoms with Crippen molar-refractivity contribution in [2.45, 2.75) is 18.9 Å². The first-order chi connectivity index (χ1) is 10.3. The van der Waals surface area contributed by atoms with Gasteiger partial charge in [0.1, 0.15) is 0 Å². The molecule has 1 aliphatic rings. The minimum absolute atomic E-state index is 0.0649. The number of hydrogen-bond acceptors (Lipinski definition) is 2. The van der Waals surface area contributed by atoms with E-state index in [0.717, 1.165) is 34.3 Å². The molecule has 0 radical (unpaired) electrons. The summed E-state index contributed by atoms with van der Waals surface area (Å²) in [5.74, 6) is 0.0321. The number of benzene rings is 2. The lowest BCUT2D eigenvalue weighted by Gasteiger charge is -2.26. The molecule has 1 amide bonds. The van der Waals surface area contributed by atoms with Crippen LogP contribution in [-0.4, -0.2) is 12.5 Å². The molecule has 2 aromatic rings. The Kier molecular flexibility index (Phi) is 4.25. The Hall–Kier alpha value is -1.81. The van der Waals surface area contributed by atoms with Gasteiger partial charge in [-0.05, 0) is 29.7 Å². The Morgan fingerprint density at radius 2 is 1.95 bits per heavy atom. The average Bonchev–Trinajstić information content (AvgIpc) is 2.53. The molecule has 2 aromatic carbocycles. The van der Waals surface area contributed by atoms with Gasteiger partial charge in [0, 0.05) is 23.2 Å². The highest BCUT2D eigenvalue weighted by Crippen LogP contribution is 2.31. The van der Waals surface area contributed by atoms with Crippen LogP contribution in [0.5, 0.6) is 0 Å². The molecule has 1 atom stereocenters. The highest BCUT2D eigenvalue weighted by molar-refractivity contribution is 9.10. The zero-order valence-electron chi connectivity index (χ0n) is 11.6. The van der Waals surface area contributed by atoms with Crippen molar-refractivity contribution < 1.29 is 4.79 Å². The topological polar surface area (TPSA) is 41.1 Å². The van der Waals surface area contributed by atoms with Gasteiger partial charge in [-0.2, -0.15) is 0 Å². The van der Waals surface area contributed by atoms with E-state index in [1.165, 1.54) is 0 Å². The summed E-state index contributed by atoms with van der Waals surface area (Å²) in [6.07, 6.45) is 0.832. The molecule has 0 saturated heterocycles. The summed E-state index contributed by atoms with van der Waals surface area (Å²) in [6.45, 7) is 1.39. The summed E-state index contributed by atoms with van der Waals surface area (Å²) < 4.78 is 1.02. The fraction of sp³-hybridized carbons (Fsp3) is 0.235. The SMILES string of the molecule is O=C(NCc1ccccc1Br)C1CCNc2ccccc21. The zero-order valence-corrected chi connectivity index (χ0v) is 13.2. The van der Waals surface area contributed by atoms with Gasteiger partial charge in [-0.25, -0.2) is 0 Å². The van der Waals surface area contributed by atoms with Gasteiger partial charge in [-0.3, -0.25) is 4.79 Å². The maximum atomic E-state index is 12.5. The van der Waals surface area contributed by atoms with Gasteiger partial charge in [0.05, 0.1) is 5.92 Å². The smallest absolute Gasteiger partial charge is 0.227 e. The van der Waals surface area contributed by atoms with Crippen molar-refractivity contribution in [2.24, 2.45) is 0 Å². The van der Waals surface area contributed by atoms with E-state index in [0.29, 0.717) is 6.54 Å². The van der Waals surface area contributed by atoms with Crippen LogP contribution in [-0.2, 0) is 11.3 Å². The molecule has 1 heterocycles. The molecular weight excluding hydrogens is 328 g/mol. The molecule has 21 heavy (non-hydrogen) atoms. The molecular formula is C17H17BrN2O. The number of amides is 1. The quantitative estimate of drug-likeness (QED) is 0.891. The number of fused-ring (bicyclic) bond motifs is 1. The Bertz CT molecular complexity index is 657. The maximum absolute atomic E-state index is 12.5. The van der Waals surface area contributed by atoms with Crippen LogP contribution < -0.4 is 10.6 Å². The third kappa shape index (κ3) is 3.10. The fourth-order valence-electron chi connectivity index (χ4n) is 2.69. The largest absolute Gasteiger partial charge is 0.385 e. The Morgan fingerprint density at radius 1 is 1.19 bits per heavy atom. The van der Waals surface area contributed by atoms with Gasteiger partial charge in [0.15, 0.2) is 0 Å². The number of halogens is 1. The Balaban J connectivity index is 1.71. The minimum atomic E-state index is -0.0649. The highest BCUT2D eigenvalue weighted by Gasteiger charge is 2.25. The number of para-hydroxylation sites is 1. The molecule has 2 N–H and O–H groups in total. The third-order valence-electron chi connectivity index (χ3n) is 3.81. The molecule has 0 saturated carbocycles. The highest BCUT2D eigenvalue weighted by atomic mass is 79.9. The van der Waals surface area contributed by atoms with Gasteiger partial charge in [0.2, 0.25) is 5.91 Å². The van der Waals surface area contributed by atoms with E-state index >= 15 is 0 Å². The molecule has 1 unspecified atom stereocenters. The summed E-state index contributed by atoms with van der Waals surface area (Å²) in [5, 5.41) is 6.40. The first kappa shape index (κ1) is 14.1. The van der Waals surface area contributed by atoms with E-state index < -0.39 is 0 Å². The predicted octanol–water partition coefficient (Wildman–Crippen LogP) is 3.66. The van der Waals surface area contributed by atoms with Crippen molar-refractivity contribution in [1.82, 2.24) is 5.32 Å². The molecule has 0 aliphatic carbocycles. The summed E-state index contributed by atoms with van der Waals surface area (Å²) in [6, 6.07) is 16.0. The van der Waals surface area contributed by atoms with E-state index in [1.807, 2.05) is 48.5 Å². The number of anilines is 1. The van der Waals surface area contributed by atoms with Crippen molar-refractivity contribution >= 4 is 27.5 Å². The standard InChI is InChI=1S/C17H17BrN2O/c18-15-7-3-1-5-12(15)11-20-17(21)14-9-10-19-16-8-4-2-6-13(14)16/h1-8,14,19H,9-11H2,(H,20,21). The van der Waals surface area contributed by atoms with Crippen LogP contribution in [0.15, 0.2) is 53.0 Å². The van der Waals surface area contributed by atoms with Crippen LogP contribution >= 0.6 is 15.9 Å². The first-order valence-corrected chi connectivity index (χ1v) is 7.89. The molecule has 4 heteroatoms. The van der Waals surface area contributed by atoms with Crippen molar-refractivity contribution in [3.05, 3.63) is 64.1 Å². The second-order valence-electron chi connectivity index (χ2n) is 5.16. The van der Waals surface area contributed by atoms with Crippen molar-refractivity contribution in [1.29, 1.82) is 0 Å². The van der Waals surface area contributed by atoms with Crippen LogP contribution in [0.3, 0.4) is 0 Å². The first-order valence-electron chi connectivity index (χ1n) is 7.09. The van der Waals surface area contributed by atoms with E-state index in [4.69, 9.17) is 0 Å². The average molecular weight is 345 g/mol. The molecule has 0 aromatic heterocycles. The van der Waals surface area contributed by atoms with E-state index in [2.05, 4.69) is 26.6 Å². The van der Waals surface area contributed by atoms with Gasteiger partial charge < -0.3 is 10.6 Å². The lowest BCUT2D eigenvalue weighted by molar-refractivity contribution is -0.122. The molecule has 0 fully saturated rings. The normalized spacial score (nSPS) is 16.7. The second kappa shape index (κ2) is 6.31. The molecule has 0 bridgehead atoms. The summed E-state index contributed by atoms with van der Waals surface area (Å²) in [7, 11) is 0. The molecule has 0 spiro atoms. The second-order valence-corrected chi connectivity index (χ2v) is 6.02. The fourth-order valence-corrected chi connectivity index (χ4v) is 3.11. The van der Waals surface area contributed by atoms with Crippen LogP contribution in [0.4, 0.5) is 5.69 Å². The lowest BCUT2D eigenvalue weighted by atomic mass is 9.90. The monoisotopic (exact) mass is 344 g/mol. The molecule has 3 rings (SSSR count). The Labute approximate surface area is 132 Å². The van der Waals surface area contributed by atoms with Crippen LogP contribution in [0.1, 0.15) is 23.5 Å². The van der Waals surface area contributed by atoms with Crippen molar-refractivity contribution in [2.75, 3.05) is 11.9 Å². The van der Waals surface area contributed by atoms with Crippen LogP contribution in [0.2, 0.25) is 0 Å². The zero-order chi connectivity index (χ0) is 14.7. The third-order valence-corrected chi connectivity index (χ3v) is 4.59. The maximum Gasteiger partial charge on any atom is 0.227 e. The summed E-state index contributed by atoms with van der Waals surface area (Å²) in [4.78, 5) is 12.5. The number of carbonyl (C=O) groups excluding carboxylic acids is 1. The van der Waals surface area contributed by atoms with Gasteiger partial charge in [0.25, 0.3) is 0 Å². The Morgan fingerprint density at radius 3 is 2.81 bits per heavy atom. The number of hydrogen-bond donors (Lipinski definition) is 2. The van der Waals surface area contributed by atoms with Gasteiger partial charge >= 0.3 is 0 Å².